The van der Waals surface area contributed by atoms with Crippen LogP contribution < -0.4 is 5.32 Å². The normalized spacial score (nSPS) is 14.1. The Balaban J connectivity index is 2.54. The summed E-state index contributed by atoms with van der Waals surface area (Å²) in [5.74, 6) is 0.344. The van der Waals surface area contributed by atoms with Crippen LogP contribution in [0.3, 0.4) is 0 Å². The quantitative estimate of drug-likeness (QED) is 0.824. The third-order valence-electron chi connectivity index (χ3n) is 2.74. The first-order valence-electron chi connectivity index (χ1n) is 6.21. The summed E-state index contributed by atoms with van der Waals surface area (Å²) in [6.45, 7) is 4.04. The fourth-order valence-corrected chi connectivity index (χ4v) is 4.15. The SMILES string of the molecule is CCNc1nc2sccn2c1S(=O)(=O)N(C)CC(C)O. The molecule has 0 aliphatic carbocycles. The lowest BCUT2D eigenvalue weighted by atomic mass is 10.4. The van der Waals surface area contributed by atoms with Crippen molar-refractivity contribution in [1.82, 2.24) is 13.7 Å². The highest BCUT2D eigenvalue weighted by Gasteiger charge is 2.30. The lowest BCUT2D eigenvalue weighted by molar-refractivity contribution is 0.171. The number of likely N-dealkylation sites (N-methyl/N-ethyl adjacent to an activating group) is 1. The third-order valence-corrected chi connectivity index (χ3v) is 5.34. The molecule has 112 valence electrons. The summed E-state index contributed by atoms with van der Waals surface area (Å²) in [5, 5.41) is 14.3. The number of nitrogens with one attached hydrogen (secondary N) is 1. The molecule has 20 heavy (non-hydrogen) atoms. The Morgan fingerprint density at radius 2 is 2.30 bits per heavy atom. The number of anilines is 1. The van der Waals surface area contributed by atoms with Gasteiger partial charge >= 0.3 is 0 Å². The fourth-order valence-electron chi connectivity index (χ4n) is 1.91. The van der Waals surface area contributed by atoms with Crippen LogP contribution in [0.5, 0.6) is 0 Å². The monoisotopic (exact) mass is 318 g/mol. The molecule has 0 amide bonds. The summed E-state index contributed by atoms with van der Waals surface area (Å²) in [5.41, 5.74) is 0. The van der Waals surface area contributed by atoms with E-state index in [-0.39, 0.29) is 11.6 Å². The molecule has 0 saturated heterocycles. The number of fused-ring (bicyclic) bond motifs is 1. The lowest BCUT2D eigenvalue weighted by Gasteiger charge is -2.18. The molecule has 0 aliphatic heterocycles. The van der Waals surface area contributed by atoms with Crippen molar-refractivity contribution in [3.63, 3.8) is 0 Å². The summed E-state index contributed by atoms with van der Waals surface area (Å²) < 4.78 is 28.0. The molecule has 0 spiro atoms. The van der Waals surface area contributed by atoms with Gasteiger partial charge in [-0.25, -0.2) is 13.4 Å². The minimum absolute atomic E-state index is 0.0330. The number of sulfonamides is 1. The van der Waals surface area contributed by atoms with Gasteiger partial charge in [-0.05, 0) is 13.8 Å². The van der Waals surface area contributed by atoms with E-state index in [0.29, 0.717) is 17.3 Å². The molecule has 0 fully saturated rings. The zero-order chi connectivity index (χ0) is 14.9. The molecule has 0 aliphatic rings. The van der Waals surface area contributed by atoms with Crippen LogP contribution in [-0.4, -0.2) is 53.5 Å². The highest BCUT2D eigenvalue weighted by atomic mass is 32.2. The number of aromatic nitrogens is 2. The van der Waals surface area contributed by atoms with E-state index in [9.17, 15) is 13.5 Å². The van der Waals surface area contributed by atoms with Crippen molar-refractivity contribution in [3.05, 3.63) is 11.6 Å². The number of nitrogens with zero attached hydrogens (tertiary/aromatic N) is 3. The minimum Gasteiger partial charge on any atom is -0.392 e. The molecule has 7 nitrogen and oxygen atoms in total. The fraction of sp³-hybridized carbons (Fsp3) is 0.545. The number of rotatable bonds is 6. The zero-order valence-corrected chi connectivity index (χ0v) is 13.2. The van der Waals surface area contributed by atoms with Gasteiger partial charge in [0.25, 0.3) is 10.0 Å². The Bertz CT molecular complexity index is 690. The van der Waals surface area contributed by atoms with Gasteiger partial charge in [-0.15, -0.1) is 11.3 Å². The highest BCUT2D eigenvalue weighted by molar-refractivity contribution is 7.89. The first kappa shape index (κ1) is 15.2. The van der Waals surface area contributed by atoms with E-state index >= 15 is 0 Å². The van der Waals surface area contributed by atoms with Gasteiger partial charge in [-0.1, -0.05) is 0 Å². The van der Waals surface area contributed by atoms with E-state index in [0.717, 1.165) is 4.31 Å². The van der Waals surface area contributed by atoms with Crippen molar-refractivity contribution >= 4 is 32.1 Å². The summed E-state index contributed by atoms with van der Waals surface area (Å²) >= 11 is 1.37. The summed E-state index contributed by atoms with van der Waals surface area (Å²) in [4.78, 5) is 4.91. The molecule has 2 rings (SSSR count). The number of hydrogen-bond donors (Lipinski definition) is 2. The number of hydrogen-bond acceptors (Lipinski definition) is 6. The van der Waals surface area contributed by atoms with Crippen molar-refractivity contribution in [3.8, 4) is 0 Å². The van der Waals surface area contributed by atoms with Crippen LogP contribution in [0.1, 0.15) is 13.8 Å². The van der Waals surface area contributed by atoms with E-state index in [1.54, 1.807) is 22.9 Å². The maximum absolute atomic E-state index is 12.7. The standard InChI is InChI=1S/C11H18N4O3S2/c1-4-12-9-10(15-5-6-19-11(15)13-9)20(17,18)14(3)7-8(2)16/h5-6,8,12,16H,4,7H2,1-3H3. The van der Waals surface area contributed by atoms with E-state index in [2.05, 4.69) is 10.3 Å². The average molecular weight is 318 g/mol. The number of aliphatic hydroxyl groups excluding tert-OH is 1. The van der Waals surface area contributed by atoms with Crippen LogP contribution in [0.4, 0.5) is 5.82 Å². The second-order valence-electron chi connectivity index (χ2n) is 4.49. The molecule has 0 saturated carbocycles. The minimum atomic E-state index is -3.72. The van der Waals surface area contributed by atoms with Crippen molar-refractivity contribution in [2.45, 2.75) is 25.0 Å². The van der Waals surface area contributed by atoms with Gasteiger partial charge < -0.3 is 10.4 Å². The third kappa shape index (κ3) is 2.66. The van der Waals surface area contributed by atoms with Gasteiger partial charge in [0, 0.05) is 31.7 Å². The maximum atomic E-state index is 12.7. The predicted molar refractivity (Wildman–Crippen MR) is 78.7 cm³/mol. The predicted octanol–water partition coefficient (Wildman–Crippen LogP) is 0.829. The molecule has 2 heterocycles. The van der Waals surface area contributed by atoms with Crippen molar-refractivity contribution in [1.29, 1.82) is 0 Å². The highest BCUT2D eigenvalue weighted by Crippen LogP contribution is 2.27. The van der Waals surface area contributed by atoms with Gasteiger partial charge in [0.2, 0.25) is 0 Å². The molecule has 0 bridgehead atoms. The first-order valence-corrected chi connectivity index (χ1v) is 8.53. The molecule has 0 aromatic carbocycles. The second-order valence-corrected chi connectivity index (χ2v) is 7.32. The Morgan fingerprint density at radius 3 is 2.90 bits per heavy atom. The van der Waals surface area contributed by atoms with Crippen molar-refractivity contribution < 1.29 is 13.5 Å². The van der Waals surface area contributed by atoms with Gasteiger partial charge in [-0.3, -0.25) is 4.40 Å². The second kappa shape index (κ2) is 5.68. The van der Waals surface area contributed by atoms with Crippen molar-refractivity contribution in [2.75, 3.05) is 25.5 Å². The summed E-state index contributed by atoms with van der Waals surface area (Å²) in [7, 11) is -2.27. The van der Waals surface area contributed by atoms with Gasteiger partial charge in [-0.2, -0.15) is 4.31 Å². The van der Waals surface area contributed by atoms with Crippen LogP contribution >= 0.6 is 11.3 Å². The Labute approximate surface area is 121 Å². The summed E-state index contributed by atoms with van der Waals surface area (Å²) in [6, 6.07) is 0. The first-order chi connectivity index (χ1) is 9.37. The maximum Gasteiger partial charge on any atom is 0.262 e. The smallest absolute Gasteiger partial charge is 0.262 e. The number of thiazole rings is 1. The van der Waals surface area contributed by atoms with Crippen LogP contribution in [-0.2, 0) is 10.0 Å². The van der Waals surface area contributed by atoms with Gasteiger partial charge in [0.1, 0.15) is 0 Å². The van der Waals surface area contributed by atoms with Crippen LogP contribution in [0.25, 0.3) is 4.96 Å². The topological polar surface area (TPSA) is 86.9 Å². The van der Waals surface area contributed by atoms with Gasteiger partial charge in [0.05, 0.1) is 6.10 Å². The lowest BCUT2D eigenvalue weighted by Crippen LogP contribution is -2.34. The molecule has 9 heteroatoms. The van der Waals surface area contributed by atoms with Crippen LogP contribution in [0.15, 0.2) is 16.6 Å². The van der Waals surface area contributed by atoms with E-state index in [1.165, 1.54) is 18.4 Å². The average Bonchev–Trinajstić information content (AvgIpc) is 2.87. The van der Waals surface area contributed by atoms with E-state index in [4.69, 9.17) is 0 Å². The van der Waals surface area contributed by atoms with E-state index < -0.39 is 16.1 Å². The summed E-state index contributed by atoms with van der Waals surface area (Å²) in [6.07, 6.45) is 0.944. The molecule has 2 aromatic rings. The van der Waals surface area contributed by atoms with Gasteiger partial charge in [0.15, 0.2) is 15.8 Å². The Hall–Kier alpha value is -1.16. The van der Waals surface area contributed by atoms with Crippen molar-refractivity contribution in [2.24, 2.45) is 0 Å². The molecule has 0 radical (unpaired) electrons. The van der Waals surface area contributed by atoms with Crippen LogP contribution in [0.2, 0.25) is 0 Å². The molecular weight excluding hydrogens is 300 g/mol. The Morgan fingerprint density at radius 1 is 1.60 bits per heavy atom. The van der Waals surface area contributed by atoms with Crippen LogP contribution in [0, 0.1) is 0 Å². The molecular formula is C11H18N4O3S2. The number of imidazole rings is 1. The molecule has 2 N–H and O–H groups in total. The number of aliphatic hydroxyl groups is 1. The molecule has 1 atom stereocenters. The largest absolute Gasteiger partial charge is 0.392 e. The molecule has 1 unspecified atom stereocenters. The molecule has 2 aromatic heterocycles. The van der Waals surface area contributed by atoms with E-state index in [1.807, 2.05) is 6.92 Å². The Kier molecular flexibility index (Phi) is 4.33. The zero-order valence-electron chi connectivity index (χ0n) is 11.6.